The molecule has 0 saturated heterocycles. The zero-order valence-corrected chi connectivity index (χ0v) is 16.2. The van der Waals surface area contributed by atoms with Gasteiger partial charge >= 0.3 is 0 Å². The zero-order valence-electron chi connectivity index (χ0n) is 14.5. The molecule has 2 N–H and O–H groups in total. The summed E-state index contributed by atoms with van der Waals surface area (Å²) in [5.74, 6) is 2.15. The largest absolute Gasteiger partial charge is 0.496 e. The second-order valence-electron chi connectivity index (χ2n) is 6.82. The second kappa shape index (κ2) is 7.98. The molecule has 0 spiro atoms. The lowest BCUT2D eigenvalue weighted by Crippen LogP contribution is -2.45. The third kappa shape index (κ3) is 3.53. The minimum absolute atomic E-state index is 0. The normalized spacial score (nSPS) is 27.7. The summed E-state index contributed by atoms with van der Waals surface area (Å²) in [6.07, 6.45) is 5.54. The van der Waals surface area contributed by atoms with Crippen LogP contribution in [0.1, 0.15) is 24.8 Å². The van der Waals surface area contributed by atoms with Crippen LogP contribution in [0.5, 0.6) is 5.75 Å². The molecular weight excluding hydrogens is 344 g/mol. The molecule has 4 nitrogen and oxygen atoms in total. The van der Waals surface area contributed by atoms with Crippen molar-refractivity contribution >= 4 is 30.1 Å². The molecule has 3 rings (SSSR count). The molecule has 0 heterocycles. The number of rotatable bonds is 5. The molecule has 4 atom stereocenters. The first-order valence-corrected chi connectivity index (χ1v) is 9.49. The minimum Gasteiger partial charge on any atom is -0.496 e. The summed E-state index contributed by atoms with van der Waals surface area (Å²) in [7, 11) is 3.57. The van der Waals surface area contributed by atoms with Crippen molar-refractivity contribution in [2.45, 2.75) is 36.7 Å². The summed E-state index contributed by atoms with van der Waals surface area (Å²) in [6.45, 7) is 0.602. The van der Waals surface area contributed by atoms with Crippen molar-refractivity contribution in [2.75, 3.05) is 20.4 Å². The molecule has 1 amide bonds. The first-order valence-electron chi connectivity index (χ1n) is 8.26. The van der Waals surface area contributed by atoms with Gasteiger partial charge in [0.25, 0.3) is 0 Å². The quantitative estimate of drug-likeness (QED) is 0.809. The van der Waals surface area contributed by atoms with E-state index in [-0.39, 0.29) is 30.3 Å². The SMILES string of the molecule is COc1cc(CN(C)C(=O)C2C3CCC(C3)C2N)ccc1SC.Cl. The van der Waals surface area contributed by atoms with E-state index in [9.17, 15) is 4.79 Å². The van der Waals surface area contributed by atoms with E-state index in [0.717, 1.165) is 22.6 Å². The van der Waals surface area contributed by atoms with Crippen molar-refractivity contribution in [2.24, 2.45) is 23.5 Å². The summed E-state index contributed by atoms with van der Waals surface area (Å²) >= 11 is 1.66. The fourth-order valence-corrected chi connectivity index (χ4v) is 4.84. The highest BCUT2D eigenvalue weighted by Crippen LogP contribution is 2.48. The number of fused-ring (bicyclic) bond motifs is 2. The van der Waals surface area contributed by atoms with Gasteiger partial charge in [-0.1, -0.05) is 6.07 Å². The van der Waals surface area contributed by atoms with E-state index >= 15 is 0 Å². The highest BCUT2D eigenvalue weighted by Gasteiger charge is 2.49. The lowest BCUT2D eigenvalue weighted by molar-refractivity contribution is -0.137. The molecule has 0 aliphatic heterocycles. The number of halogens is 1. The highest BCUT2D eigenvalue weighted by atomic mass is 35.5. The van der Waals surface area contributed by atoms with E-state index in [1.807, 2.05) is 24.3 Å². The molecule has 6 heteroatoms. The van der Waals surface area contributed by atoms with E-state index in [4.69, 9.17) is 10.5 Å². The fourth-order valence-electron chi connectivity index (χ4n) is 4.29. The molecular formula is C18H27ClN2O2S. The number of carbonyl (C=O) groups excluding carboxylic acids is 1. The van der Waals surface area contributed by atoms with Crippen molar-refractivity contribution < 1.29 is 9.53 Å². The summed E-state index contributed by atoms with van der Waals surface area (Å²) in [4.78, 5) is 15.8. The van der Waals surface area contributed by atoms with Crippen molar-refractivity contribution in [3.63, 3.8) is 0 Å². The van der Waals surface area contributed by atoms with E-state index in [1.54, 1.807) is 18.9 Å². The maximum absolute atomic E-state index is 12.8. The van der Waals surface area contributed by atoms with Gasteiger partial charge in [-0.25, -0.2) is 0 Å². The molecule has 2 bridgehead atoms. The Kier molecular flexibility index (Phi) is 6.46. The van der Waals surface area contributed by atoms with Gasteiger partial charge in [-0.2, -0.15) is 0 Å². The number of nitrogens with two attached hydrogens (primary N) is 1. The van der Waals surface area contributed by atoms with Gasteiger partial charge < -0.3 is 15.4 Å². The molecule has 2 fully saturated rings. The third-order valence-electron chi connectivity index (χ3n) is 5.51. The molecule has 1 aromatic carbocycles. The van der Waals surface area contributed by atoms with E-state index in [1.165, 1.54) is 12.8 Å². The topological polar surface area (TPSA) is 55.6 Å². The Hall–Kier alpha value is -0.910. The van der Waals surface area contributed by atoms with E-state index < -0.39 is 0 Å². The van der Waals surface area contributed by atoms with Crippen LogP contribution in [-0.2, 0) is 11.3 Å². The van der Waals surface area contributed by atoms with Crippen molar-refractivity contribution in [3.05, 3.63) is 23.8 Å². The fraction of sp³-hybridized carbons (Fsp3) is 0.611. The smallest absolute Gasteiger partial charge is 0.227 e. The van der Waals surface area contributed by atoms with Gasteiger partial charge in [0, 0.05) is 24.5 Å². The van der Waals surface area contributed by atoms with Gasteiger partial charge in [0.05, 0.1) is 13.0 Å². The molecule has 4 unspecified atom stereocenters. The third-order valence-corrected chi connectivity index (χ3v) is 6.29. The van der Waals surface area contributed by atoms with Crippen LogP contribution in [-0.4, -0.2) is 37.3 Å². The number of thioether (sulfide) groups is 1. The average molecular weight is 371 g/mol. The highest BCUT2D eigenvalue weighted by molar-refractivity contribution is 7.98. The average Bonchev–Trinajstić information content (AvgIpc) is 3.15. The Balaban J connectivity index is 0.00000208. The van der Waals surface area contributed by atoms with Gasteiger partial charge in [0.15, 0.2) is 0 Å². The van der Waals surface area contributed by atoms with Crippen LogP contribution in [0.15, 0.2) is 23.1 Å². The van der Waals surface area contributed by atoms with Crippen LogP contribution in [0.25, 0.3) is 0 Å². The second-order valence-corrected chi connectivity index (χ2v) is 7.67. The van der Waals surface area contributed by atoms with Crippen LogP contribution in [0.2, 0.25) is 0 Å². The predicted octanol–water partition coefficient (Wildman–Crippen LogP) is 3.17. The molecule has 2 aliphatic carbocycles. The van der Waals surface area contributed by atoms with Crippen LogP contribution in [0, 0.1) is 17.8 Å². The van der Waals surface area contributed by atoms with Crippen molar-refractivity contribution in [1.82, 2.24) is 4.90 Å². The van der Waals surface area contributed by atoms with Gasteiger partial charge in [0.1, 0.15) is 5.75 Å². The predicted molar refractivity (Wildman–Crippen MR) is 101 cm³/mol. The van der Waals surface area contributed by atoms with Gasteiger partial charge in [0.2, 0.25) is 5.91 Å². The Morgan fingerprint density at radius 2 is 2.08 bits per heavy atom. The standard InChI is InChI=1S/C18H26N2O2S.ClH/c1-20(10-11-4-7-15(23-3)14(8-11)22-2)18(21)16-12-5-6-13(9-12)17(16)19;/h4,7-8,12-13,16-17H,5-6,9-10,19H2,1-3H3;1H. The Bertz CT molecular complexity index is 596. The first kappa shape index (κ1) is 19.4. The first-order chi connectivity index (χ1) is 11.0. The monoisotopic (exact) mass is 370 g/mol. The lowest BCUT2D eigenvalue weighted by Gasteiger charge is -2.31. The number of amides is 1. The van der Waals surface area contributed by atoms with Gasteiger partial charge in [-0.3, -0.25) is 4.79 Å². The number of nitrogens with zero attached hydrogens (tertiary/aromatic N) is 1. The minimum atomic E-state index is 0. The summed E-state index contributed by atoms with van der Waals surface area (Å²) < 4.78 is 5.43. The van der Waals surface area contributed by atoms with Crippen LogP contribution < -0.4 is 10.5 Å². The number of hydrogen-bond donors (Lipinski definition) is 1. The molecule has 0 radical (unpaired) electrons. The zero-order chi connectivity index (χ0) is 16.6. The molecule has 2 saturated carbocycles. The number of hydrogen-bond acceptors (Lipinski definition) is 4. The molecule has 0 aromatic heterocycles. The van der Waals surface area contributed by atoms with Crippen molar-refractivity contribution in [3.8, 4) is 5.75 Å². The Morgan fingerprint density at radius 3 is 2.67 bits per heavy atom. The Morgan fingerprint density at radius 1 is 1.38 bits per heavy atom. The van der Waals surface area contributed by atoms with E-state index in [0.29, 0.717) is 18.4 Å². The van der Waals surface area contributed by atoms with Crippen LogP contribution >= 0.6 is 24.2 Å². The van der Waals surface area contributed by atoms with Gasteiger partial charge in [-0.05, 0) is 55.1 Å². The maximum Gasteiger partial charge on any atom is 0.227 e. The van der Waals surface area contributed by atoms with Crippen LogP contribution in [0.3, 0.4) is 0 Å². The summed E-state index contributed by atoms with van der Waals surface area (Å²) in [5, 5.41) is 0. The summed E-state index contributed by atoms with van der Waals surface area (Å²) in [6, 6.07) is 6.20. The Labute approximate surface area is 154 Å². The number of carbonyl (C=O) groups is 1. The summed E-state index contributed by atoms with van der Waals surface area (Å²) in [5.41, 5.74) is 7.40. The molecule has 1 aromatic rings. The molecule has 134 valence electrons. The maximum atomic E-state index is 12.8. The van der Waals surface area contributed by atoms with Crippen molar-refractivity contribution in [1.29, 1.82) is 0 Å². The molecule has 2 aliphatic rings. The number of ether oxygens (including phenoxy) is 1. The van der Waals surface area contributed by atoms with Crippen LogP contribution in [0.4, 0.5) is 0 Å². The lowest BCUT2D eigenvalue weighted by atomic mass is 9.84. The molecule has 24 heavy (non-hydrogen) atoms. The number of methoxy groups -OCH3 is 1. The van der Waals surface area contributed by atoms with Gasteiger partial charge in [-0.15, -0.1) is 24.2 Å². The van der Waals surface area contributed by atoms with E-state index in [2.05, 4.69) is 12.1 Å². The number of benzene rings is 1.